The molecule has 29 heavy (non-hydrogen) atoms. The lowest BCUT2D eigenvalue weighted by Crippen LogP contribution is -2.43. The molecular formula is C22H26N2O5. The van der Waals surface area contributed by atoms with E-state index in [4.69, 9.17) is 9.47 Å². The number of hydrogen-bond donors (Lipinski definition) is 2. The third-order valence-electron chi connectivity index (χ3n) is 5.48. The van der Waals surface area contributed by atoms with Crippen LogP contribution in [0.2, 0.25) is 0 Å². The van der Waals surface area contributed by atoms with Crippen LogP contribution in [0.4, 0.5) is 10.5 Å². The molecule has 1 atom stereocenters. The van der Waals surface area contributed by atoms with Crippen LogP contribution in [0.5, 0.6) is 11.5 Å². The molecule has 2 aromatic carbocycles. The van der Waals surface area contributed by atoms with Gasteiger partial charge in [-0.1, -0.05) is 12.1 Å². The van der Waals surface area contributed by atoms with Gasteiger partial charge in [0.1, 0.15) is 0 Å². The van der Waals surface area contributed by atoms with Gasteiger partial charge in [0, 0.05) is 12.2 Å². The van der Waals surface area contributed by atoms with Gasteiger partial charge >= 0.3 is 12.0 Å². The number of urea groups is 1. The highest BCUT2D eigenvalue weighted by Crippen LogP contribution is 2.39. The maximum absolute atomic E-state index is 13.1. The van der Waals surface area contributed by atoms with Crippen LogP contribution in [0, 0.1) is 13.8 Å². The monoisotopic (exact) mass is 398 g/mol. The van der Waals surface area contributed by atoms with Gasteiger partial charge in [-0.15, -0.1) is 0 Å². The Bertz CT molecular complexity index is 941. The van der Waals surface area contributed by atoms with Crippen molar-refractivity contribution in [1.82, 2.24) is 4.90 Å². The lowest BCUT2D eigenvalue weighted by Gasteiger charge is -2.37. The Labute approximate surface area is 170 Å². The maximum Gasteiger partial charge on any atom is 0.322 e. The zero-order valence-corrected chi connectivity index (χ0v) is 17.1. The van der Waals surface area contributed by atoms with Crippen molar-refractivity contribution in [3.63, 3.8) is 0 Å². The number of aliphatic carboxylic acids is 1. The molecule has 2 amide bonds. The second-order valence-electron chi connectivity index (χ2n) is 7.14. The number of ether oxygens (including phenoxy) is 2. The Morgan fingerprint density at radius 1 is 1.17 bits per heavy atom. The molecule has 3 rings (SSSR count). The van der Waals surface area contributed by atoms with Crippen molar-refractivity contribution in [2.75, 3.05) is 26.1 Å². The summed E-state index contributed by atoms with van der Waals surface area (Å²) in [6, 6.07) is 8.44. The van der Waals surface area contributed by atoms with E-state index in [1.807, 2.05) is 38.1 Å². The number of carboxylic acid groups (broad SMARTS) is 1. The third-order valence-corrected chi connectivity index (χ3v) is 5.48. The SMILES string of the molecule is COc1cc2c(cc1OC)C(CC(=O)O)N(C(=O)Nc1cccc(C)c1C)CC2. The normalized spacial score (nSPS) is 15.4. The van der Waals surface area contributed by atoms with E-state index in [2.05, 4.69) is 5.32 Å². The van der Waals surface area contributed by atoms with Crippen molar-refractivity contribution < 1.29 is 24.2 Å². The number of hydrogen-bond acceptors (Lipinski definition) is 4. The Morgan fingerprint density at radius 2 is 1.86 bits per heavy atom. The number of benzene rings is 2. The number of methoxy groups -OCH3 is 2. The van der Waals surface area contributed by atoms with Crippen LogP contribution in [-0.4, -0.2) is 42.8 Å². The average Bonchev–Trinajstić information content (AvgIpc) is 2.70. The fourth-order valence-corrected chi connectivity index (χ4v) is 3.73. The third kappa shape index (κ3) is 4.13. The highest BCUT2D eigenvalue weighted by atomic mass is 16.5. The first-order chi connectivity index (χ1) is 13.8. The van der Waals surface area contributed by atoms with Gasteiger partial charge in [0.15, 0.2) is 11.5 Å². The molecule has 7 heteroatoms. The second kappa shape index (κ2) is 8.43. The van der Waals surface area contributed by atoms with Gasteiger partial charge in [0.25, 0.3) is 0 Å². The minimum Gasteiger partial charge on any atom is -0.493 e. The maximum atomic E-state index is 13.1. The van der Waals surface area contributed by atoms with Gasteiger partial charge in [-0.05, 0) is 60.7 Å². The number of nitrogens with one attached hydrogen (secondary N) is 1. The predicted octanol–water partition coefficient (Wildman–Crippen LogP) is 3.93. The molecular weight excluding hydrogens is 372 g/mol. The quantitative estimate of drug-likeness (QED) is 0.797. The van der Waals surface area contributed by atoms with Gasteiger partial charge in [0.2, 0.25) is 0 Å². The standard InChI is InChI=1S/C22H26N2O5/c1-13-6-5-7-17(14(13)2)23-22(27)24-9-8-15-10-19(28-3)20(29-4)11-16(15)18(24)12-21(25)26/h5-7,10-11,18H,8-9,12H2,1-4H3,(H,23,27)(H,25,26). The van der Waals surface area contributed by atoms with Crippen molar-refractivity contribution in [1.29, 1.82) is 0 Å². The first-order valence-corrected chi connectivity index (χ1v) is 9.46. The molecule has 1 aliphatic rings. The average molecular weight is 398 g/mol. The van der Waals surface area contributed by atoms with Crippen molar-refractivity contribution in [2.45, 2.75) is 32.7 Å². The number of carbonyl (C=O) groups is 2. The fraction of sp³-hybridized carbons (Fsp3) is 0.364. The van der Waals surface area contributed by atoms with Crippen molar-refractivity contribution in [3.8, 4) is 11.5 Å². The minimum absolute atomic E-state index is 0.192. The number of anilines is 1. The van der Waals surface area contributed by atoms with Crippen LogP contribution in [-0.2, 0) is 11.2 Å². The van der Waals surface area contributed by atoms with Gasteiger partial charge in [-0.2, -0.15) is 0 Å². The molecule has 0 aromatic heterocycles. The summed E-state index contributed by atoms with van der Waals surface area (Å²) in [5.41, 5.74) is 4.52. The van der Waals surface area contributed by atoms with Crippen LogP contribution in [0.1, 0.15) is 34.7 Å². The molecule has 7 nitrogen and oxygen atoms in total. The van der Waals surface area contributed by atoms with E-state index in [0.717, 1.165) is 27.9 Å². The molecule has 0 aliphatic carbocycles. The number of rotatable bonds is 5. The molecule has 0 bridgehead atoms. The van der Waals surface area contributed by atoms with Gasteiger partial charge in [0.05, 0.1) is 26.7 Å². The highest BCUT2D eigenvalue weighted by molar-refractivity contribution is 5.91. The Morgan fingerprint density at radius 3 is 2.52 bits per heavy atom. The smallest absolute Gasteiger partial charge is 0.322 e. The summed E-state index contributed by atoms with van der Waals surface area (Å²) in [6.45, 7) is 4.34. The molecule has 0 fully saturated rings. The number of amides is 2. The molecule has 0 spiro atoms. The number of fused-ring (bicyclic) bond motifs is 1. The first-order valence-electron chi connectivity index (χ1n) is 9.46. The minimum atomic E-state index is -0.970. The molecule has 154 valence electrons. The molecule has 0 radical (unpaired) electrons. The van der Waals surface area contributed by atoms with E-state index in [0.29, 0.717) is 24.5 Å². The van der Waals surface area contributed by atoms with Crippen molar-refractivity contribution in [2.24, 2.45) is 0 Å². The molecule has 0 saturated heterocycles. The zero-order chi connectivity index (χ0) is 21.1. The summed E-state index contributed by atoms with van der Waals surface area (Å²) in [4.78, 5) is 26.2. The fourth-order valence-electron chi connectivity index (χ4n) is 3.73. The second-order valence-corrected chi connectivity index (χ2v) is 7.14. The van der Waals surface area contributed by atoms with Crippen LogP contribution in [0.3, 0.4) is 0 Å². The molecule has 2 aromatic rings. The van der Waals surface area contributed by atoms with Crippen LogP contribution >= 0.6 is 0 Å². The Kier molecular flexibility index (Phi) is 5.96. The van der Waals surface area contributed by atoms with E-state index in [1.165, 1.54) is 7.11 Å². The summed E-state index contributed by atoms with van der Waals surface area (Å²) in [5, 5.41) is 12.4. The topological polar surface area (TPSA) is 88.1 Å². The van der Waals surface area contributed by atoms with E-state index in [1.54, 1.807) is 18.1 Å². The van der Waals surface area contributed by atoms with Crippen LogP contribution < -0.4 is 14.8 Å². The summed E-state index contributed by atoms with van der Waals surface area (Å²) in [7, 11) is 3.09. The Hall–Kier alpha value is -3.22. The van der Waals surface area contributed by atoms with E-state index >= 15 is 0 Å². The molecule has 1 aliphatic heterocycles. The largest absolute Gasteiger partial charge is 0.493 e. The number of carbonyl (C=O) groups excluding carboxylic acids is 1. The molecule has 1 unspecified atom stereocenters. The predicted molar refractivity (Wildman–Crippen MR) is 110 cm³/mol. The summed E-state index contributed by atoms with van der Waals surface area (Å²) in [5.74, 6) is 0.134. The first kappa shape index (κ1) is 20.5. The van der Waals surface area contributed by atoms with E-state index < -0.39 is 12.0 Å². The van der Waals surface area contributed by atoms with Gasteiger partial charge < -0.3 is 24.8 Å². The number of aryl methyl sites for hydroxylation is 1. The van der Waals surface area contributed by atoms with E-state index in [9.17, 15) is 14.7 Å². The van der Waals surface area contributed by atoms with Gasteiger partial charge in [-0.3, -0.25) is 4.79 Å². The van der Waals surface area contributed by atoms with E-state index in [-0.39, 0.29) is 12.5 Å². The lowest BCUT2D eigenvalue weighted by atomic mass is 9.90. The zero-order valence-electron chi connectivity index (χ0n) is 17.1. The van der Waals surface area contributed by atoms with Gasteiger partial charge in [-0.25, -0.2) is 4.79 Å². The van der Waals surface area contributed by atoms with Crippen LogP contribution in [0.25, 0.3) is 0 Å². The highest BCUT2D eigenvalue weighted by Gasteiger charge is 2.34. The summed E-state index contributed by atoms with van der Waals surface area (Å²) < 4.78 is 10.7. The van der Waals surface area contributed by atoms with Crippen molar-refractivity contribution >= 4 is 17.7 Å². The van der Waals surface area contributed by atoms with Crippen molar-refractivity contribution in [3.05, 3.63) is 52.6 Å². The molecule has 1 heterocycles. The summed E-state index contributed by atoms with van der Waals surface area (Å²) >= 11 is 0. The Balaban J connectivity index is 1.96. The lowest BCUT2D eigenvalue weighted by molar-refractivity contribution is -0.138. The summed E-state index contributed by atoms with van der Waals surface area (Å²) in [6.07, 6.45) is 0.411. The number of carboxylic acids is 1. The number of nitrogens with zero attached hydrogens (tertiary/aromatic N) is 1. The molecule has 2 N–H and O–H groups in total. The molecule has 0 saturated carbocycles. The van der Waals surface area contributed by atoms with Crippen LogP contribution in [0.15, 0.2) is 30.3 Å².